The van der Waals surface area contributed by atoms with Crippen LogP contribution in [0.2, 0.25) is 0 Å². The van der Waals surface area contributed by atoms with E-state index in [4.69, 9.17) is 23.7 Å². The summed E-state index contributed by atoms with van der Waals surface area (Å²) in [6.07, 6.45) is 0. The van der Waals surface area contributed by atoms with Crippen molar-refractivity contribution in [1.29, 1.82) is 0 Å². The number of nitrogens with zero attached hydrogens (tertiary/aromatic N) is 1. The molecule has 3 aromatic rings. The molecule has 4 rings (SSSR count). The van der Waals surface area contributed by atoms with Gasteiger partial charge in [0.1, 0.15) is 0 Å². The molecule has 10 heteroatoms. The number of methoxy groups -OCH3 is 5. The van der Waals surface area contributed by atoms with E-state index >= 15 is 0 Å². The maximum absolute atomic E-state index is 14.1. The second-order valence-electron chi connectivity index (χ2n) is 8.77. The van der Waals surface area contributed by atoms with E-state index in [9.17, 15) is 14.4 Å². The van der Waals surface area contributed by atoms with Gasteiger partial charge in [-0.2, -0.15) is 0 Å². The van der Waals surface area contributed by atoms with Crippen LogP contribution in [0.15, 0.2) is 54.6 Å². The van der Waals surface area contributed by atoms with Gasteiger partial charge in [0.05, 0.1) is 58.8 Å². The molecule has 0 aromatic heterocycles. The minimum Gasteiger partial charge on any atom is -0.493 e. The van der Waals surface area contributed by atoms with Crippen molar-refractivity contribution in [2.75, 3.05) is 47.9 Å². The second kappa shape index (κ2) is 11.3. The van der Waals surface area contributed by atoms with Crippen LogP contribution in [0.5, 0.6) is 23.0 Å². The second-order valence-corrected chi connectivity index (χ2v) is 8.77. The van der Waals surface area contributed by atoms with Crippen LogP contribution in [0.25, 0.3) is 0 Å². The molecular weight excluding hydrogens is 504 g/mol. The summed E-state index contributed by atoms with van der Waals surface area (Å²) in [4.78, 5) is 41.6. The zero-order chi connectivity index (χ0) is 28.3. The highest BCUT2D eigenvalue weighted by Gasteiger charge is 2.44. The van der Waals surface area contributed by atoms with Gasteiger partial charge in [0, 0.05) is 12.6 Å². The Labute approximate surface area is 226 Å². The molecule has 0 aliphatic carbocycles. The van der Waals surface area contributed by atoms with Crippen LogP contribution in [0.1, 0.15) is 43.8 Å². The topological polar surface area (TPSA) is 113 Å². The average molecular weight is 535 g/mol. The maximum atomic E-state index is 14.1. The van der Waals surface area contributed by atoms with Gasteiger partial charge < -0.3 is 33.9 Å². The summed E-state index contributed by atoms with van der Waals surface area (Å²) in [6, 6.07) is 14.3. The molecule has 1 N–H and O–H groups in total. The Kier molecular flexibility index (Phi) is 7.94. The van der Waals surface area contributed by atoms with E-state index < -0.39 is 23.8 Å². The summed E-state index contributed by atoms with van der Waals surface area (Å²) in [5.74, 6) is -0.569. The molecule has 0 radical (unpaired) electrons. The van der Waals surface area contributed by atoms with Crippen LogP contribution in [-0.4, -0.2) is 65.3 Å². The van der Waals surface area contributed by atoms with Crippen molar-refractivity contribution < 1.29 is 38.1 Å². The summed E-state index contributed by atoms with van der Waals surface area (Å²) in [5.41, 5.74) is 1.87. The number of hydrogen-bond donors (Lipinski definition) is 1. The highest BCUT2D eigenvalue weighted by atomic mass is 16.5. The molecule has 1 aliphatic rings. The minimum atomic E-state index is -0.911. The average Bonchev–Trinajstić information content (AvgIpc) is 2.97. The third-order valence-corrected chi connectivity index (χ3v) is 6.80. The lowest BCUT2D eigenvalue weighted by Crippen LogP contribution is -2.44. The number of fused-ring (bicyclic) bond motifs is 1. The quantitative estimate of drug-likeness (QED) is 0.431. The summed E-state index contributed by atoms with van der Waals surface area (Å²) >= 11 is 0. The van der Waals surface area contributed by atoms with E-state index in [1.165, 1.54) is 40.4 Å². The highest BCUT2D eigenvalue weighted by molar-refractivity contribution is 6.07. The lowest BCUT2D eigenvalue weighted by atomic mass is 9.79. The van der Waals surface area contributed by atoms with Gasteiger partial charge in [-0.25, -0.2) is 4.79 Å². The summed E-state index contributed by atoms with van der Waals surface area (Å²) in [5, 5.41) is 2.88. The predicted molar refractivity (Wildman–Crippen MR) is 143 cm³/mol. The number of ether oxygens (including phenoxy) is 5. The number of para-hydroxylation sites is 1. The Balaban J connectivity index is 1.91. The largest absolute Gasteiger partial charge is 0.493 e. The van der Waals surface area contributed by atoms with Crippen molar-refractivity contribution in [3.63, 3.8) is 0 Å². The molecule has 0 saturated heterocycles. The van der Waals surface area contributed by atoms with Gasteiger partial charge in [0.2, 0.25) is 5.91 Å². The van der Waals surface area contributed by atoms with Crippen molar-refractivity contribution in [2.24, 2.45) is 0 Å². The first-order chi connectivity index (χ1) is 18.8. The van der Waals surface area contributed by atoms with E-state index in [0.29, 0.717) is 39.7 Å². The van der Waals surface area contributed by atoms with E-state index in [1.54, 1.807) is 61.6 Å². The Bertz CT molecular complexity index is 1420. The van der Waals surface area contributed by atoms with Crippen LogP contribution < -0.4 is 24.3 Å². The number of nitrogens with one attached hydrogen (secondary N) is 1. The molecule has 0 saturated carbocycles. The Morgan fingerprint density at radius 1 is 0.795 bits per heavy atom. The molecule has 3 aromatic carbocycles. The minimum absolute atomic E-state index is 0.198. The van der Waals surface area contributed by atoms with Crippen molar-refractivity contribution >= 4 is 23.5 Å². The SMILES string of the molecule is COC(=O)c1ccccc1NC(=O)C1c2cc(OC)c(OC)cc2C(=O)N(C)C1c1ccc(OC)c(OC)c1. The van der Waals surface area contributed by atoms with Crippen LogP contribution in [0, 0.1) is 0 Å². The third kappa shape index (κ3) is 4.93. The van der Waals surface area contributed by atoms with Gasteiger partial charge in [-0.1, -0.05) is 18.2 Å². The Morgan fingerprint density at radius 2 is 1.41 bits per heavy atom. The number of hydrogen-bond acceptors (Lipinski definition) is 8. The molecule has 39 heavy (non-hydrogen) atoms. The first-order valence-corrected chi connectivity index (χ1v) is 12.0. The smallest absolute Gasteiger partial charge is 0.339 e. The van der Waals surface area contributed by atoms with Crippen LogP contribution >= 0.6 is 0 Å². The van der Waals surface area contributed by atoms with Gasteiger partial charge in [-0.05, 0) is 47.5 Å². The number of benzene rings is 3. The lowest BCUT2D eigenvalue weighted by molar-refractivity contribution is -0.119. The van der Waals surface area contributed by atoms with Crippen molar-refractivity contribution in [1.82, 2.24) is 4.90 Å². The number of carbonyl (C=O) groups is 3. The fourth-order valence-electron chi connectivity index (χ4n) is 4.88. The van der Waals surface area contributed by atoms with Crippen LogP contribution in [-0.2, 0) is 9.53 Å². The molecule has 2 amide bonds. The van der Waals surface area contributed by atoms with Crippen molar-refractivity contribution in [3.8, 4) is 23.0 Å². The van der Waals surface area contributed by atoms with Gasteiger partial charge in [0.15, 0.2) is 23.0 Å². The van der Waals surface area contributed by atoms with Crippen LogP contribution in [0.3, 0.4) is 0 Å². The van der Waals surface area contributed by atoms with Gasteiger partial charge >= 0.3 is 5.97 Å². The summed E-state index contributed by atoms with van der Waals surface area (Å²) < 4.78 is 26.7. The van der Waals surface area contributed by atoms with Gasteiger partial charge in [0.25, 0.3) is 5.91 Å². The third-order valence-electron chi connectivity index (χ3n) is 6.80. The number of esters is 1. The van der Waals surface area contributed by atoms with Crippen molar-refractivity contribution in [2.45, 2.75) is 12.0 Å². The Hall–Kier alpha value is -4.73. The van der Waals surface area contributed by atoms with E-state index in [1.807, 2.05) is 0 Å². The number of rotatable bonds is 8. The first kappa shape index (κ1) is 27.3. The molecule has 0 fully saturated rings. The monoisotopic (exact) mass is 534 g/mol. The van der Waals surface area contributed by atoms with E-state index in [-0.39, 0.29) is 17.2 Å². The normalized spacial score (nSPS) is 16.2. The standard InChI is InChI=1S/C29H30N2O8/c1-31-26(16-11-12-21(35-2)22(13-16)36-3)25(18-14-23(37-4)24(38-5)15-19(18)28(31)33)27(32)30-20-10-8-7-9-17(20)29(34)39-6/h7-15,25-26H,1-6H3,(H,30,32). The zero-order valence-electron chi connectivity index (χ0n) is 22.6. The molecule has 2 unspecified atom stereocenters. The fourth-order valence-corrected chi connectivity index (χ4v) is 4.88. The number of likely N-dealkylation sites (N-methyl/N-ethyl adjacent to an activating group) is 1. The van der Waals surface area contributed by atoms with Crippen molar-refractivity contribution in [3.05, 3.63) is 76.9 Å². The predicted octanol–water partition coefficient (Wildman–Crippen LogP) is 4.06. The molecule has 10 nitrogen and oxygen atoms in total. The molecule has 1 heterocycles. The number of carbonyl (C=O) groups excluding carboxylic acids is 3. The summed E-state index contributed by atoms with van der Waals surface area (Å²) in [6.45, 7) is 0. The van der Waals surface area contributed by atoms with E-state index in [2.05, 4.69) is 5.32 Å². The Morgan fingerprint density at radius 3 is 2.05 bits per heavy atom. The number of anilines is 1. The molecule has 0 bridgehead atoms. The first-order valence-electron chi connectivity index (χ1n) is 12.0. The van der Waals surface area contributed by atoms with Crippen LogP contribution in [0.4, 0.5) is 5.69 Å². The zero-order valence-corrected chi connectivity index (χ0v) is 22.6. The highest BCUT2D eigenvalue weighted by Crippen LogP contribution is 2.47. The maximum Gasteiger partial charge on any atom is 0.339 e. The molecular formula is C29H30N2O8. The number of amides is 2. The molecule has 204 valence electrons. The molecule has 2 atom stereocenters. The molecule has 0 spiro atoms. The van der Waals surface area contributed by atoms with E-state index in [0.717, 1.165) is 0 Å². The summed E-state index contributed by atoms with van der Waals surface area (Å²) in [7, 11) is 8.89. The van der Waals surface area contributed by atoms with Gasteiger partial charge in [-0.15, -0.1) is 0 Å². The molecule has 1 aliphatic heterocycles. The van der Waals surface area contributed by atoms with Gasteiger partial charge in [-0.3, -0.25) is 9.59 Å². The fraction of sp³-hybridized carbons (Fsp3) is 0.276. The lowest BCUT2D eigenvalue weighted by Gasteiger charge is -2.40.